The summed E-state index contributed by atoms with van der Waals surface area (Å²) in [5.74, 6) is -4.96. The maximum absolute atomic E-state index is 13.4. The molecular formula is C28H22FN3O8S2. The number of carbonyl (C=O) groups excluding carboxylic acids is 2. The van der Waals surface area contributed by atoms with Crippen molar-refractivity contribution >= 4 is 46.6 Å². The number of carboxylic acid groups (broad SMARTS) is 1. The highest BCUT2D eigenvalue weighted by atomic mass is 32.2. The molecule has 1 saturated heterocycles. The normalized spacial score (nSPS) is 28.9. The maximum atomic E-state index is 13.4. The number of ether oxygens (including phenoxy) is 1. The summed E-state index contributed by atoms with van der Waals surface area (Å²) in [7, 11) is 0. The van der Waals surface area contributed by atoms with Gasteiger partial charge in [0.25, 0.3) is 5.69 Å². The van der Waals surface area contributed by atoms with Crippen molar-refractivity contribution in [2.45, 2.75) is 29.2 Å². The van der Waals surface area contributed by atoms with E-state index in [1.807, 2.05) is 0 Å². The number of halogens is 1. The number of carboxylic acids is 1. The number of aromatic nitrogens is 1. The minimum absolute atomic E-state index is 0.0603. The molecule has 2 aliphatic carbocycles. The second kappa shape index (κ2) is 9.76. The molecule has 42 heavy (non-hydrogen) atoms. The summed E-state index contributed by atoms with van der Waals surface area (Å²) in [5, 5.41) is 21.6. The lowest BCUT2D eigenvalue weighted by atomic mass is 9.68. The molecule has 2 saturated carbocycles. The number of nitrogens with one attached hydrogen (secondary N) is 1. The first-order valence-electron chi connectivity index (χ1n) is 13.2. The third-order valence-corrected chi connectivity index (χ3v) is 11.5. The summed E-state index contributed by atoms with van der Waals surface area (Å²) in [4.78, 5) is 66.2. The Kier molecular flexibility index (Phi) is 6.24. The van der Waals surface area contributed by atoms with Gasteiger partial charge in [0, 0.05) is 33.7 Å². The molecule has 2 aromatic carbocycles. The van der Waals surface area contributed by atoms with Gasteiger partial charge in [0.1, 0.15) is 24.7 Å². The van der Waals surface area contributed by atoms with Gasteiger partial charge in [-0.2, -0.15) is 0 Å². The van der Waals surface area contributed by atoms with Crippen LogP contribution in [0.15, 0.2) is 52.3 Å². The van der Waals surface area contributed by atoms with Crippen molar-refractivity contribution in [1.82, 2.24) is 9.88 Å². The van der Waals surface area contributed by atoms with Crippen molar-refractivity contribution in [3.05, 3.63) is 84.1 Å². The predicted molar refractivity (Wildman–Crippen MR) is 147 cm³/mol. The molecular weight excluding hydrogens is 589 g/mol. The number of hydrogen-bond donors (Lipinski definition) is 2. The quantitative estimate of drug-likeness (QED) is 0.231. The number of nitrogens with zero attached hydrogens (tertiary/aromatic N) is 2. The largest absolute Gasteiger partial charge is 0.489 e. The molecule has 0 unspecified atom stereocenters. The van der Waals surface area contributed by atoms with E-state index in [4.69, 9.17) is 4.74 Å². The van der Waals surface area contributed by atoms with E-state index in [-0.39, 0.29) is 40.2 Å². The molecule has 2 aliphatic heterocycles. The Bertz CT molecular complexity index is 1720. The molecule has 1 aromatic heterocycles. The molecule has 4 aliphatic rings. The van der Waals surface area contributed by atoms with Gasteiger partial charge in [0.2, 0.25) is 11.8 Å². The molecule has 3 heterocycles. The van der Waals surface area contributed by atoms with Crippen LogP contribution in [0.5, 0.6) is 5.75 Å². The number of imide groups is 1. The van der Waals surface area contributed by atoms with Crippen molar-refractivity contribution in [2.24, 2.45) is 29.6 Å². The molecule has 0 radical (unpaired) electrons. The molecule has 2 bridgehead atoms. The molecule has 7 atom stereocenters. The van der Waals surface area contributed by atoms with Gasteiger partial charge in [-0.15, -0.1) is 11.8 Å². The van der Waals surface area contributed by atoms with Gasteiger partial charge in [0.15, 0.2) is 0 Å². The number of hydrogen-bond acceptors (Lipinski definition) is 9. The molecule has 0 spiro atoms. The molecule has 7 rings (SSSR count). The number of amides is 2. The van der Waals surface area contributed by atoms with Gasteiger partial charge >= 0.3 is 10.8 Å². The molecule has 3 fully saturated rings. The van der Waals surface area contributed by atoms with Gasteiger partial charge in [-0.3, -0.25) is 34.2 Å². The Hall–Kier alpha value is -4.04. The smallest absolute Gasteiger partial charge is 0.323 e. The number of likely N-dealkylation sites (tertiary alicyclic amines) is 1. The first-order valence-corrected chi connectivity index (χ1v) is 14.9. The lowest BCUT2D eigenvalue weighted by molar-refractivity contribution is -0.385. The van der Waals surface area contributed by atoms with Crippen LogP contribution in [0.4, 0.5) is 10.1 Å². The Morgan fingerprint density at radius 3 is 2.52 bits per heavy atom. The van der Waals surface area contributed by atoms with Crippen LogP contribution in [0.2, 0.25) is 0 Å². The summed E-state index contributed by atoms with van der Waals surface area (Å²) in [6.07, 6.45) is 0.576. The minimum atomic E-state index is -1.27. The standard InChI is InChI=1S/C28H22FN3O8S2/c29-12-3-1-11(2-4-12)10-40-17-6-5-13(32(38)39)7-14(17)19-20-15-8-16(23(20)41-25-24(19)42-28(37)30-25)22-21(15)26(35)31(27(22)36)9-18(33)34/h1-7,15-16,19-23H,8-10H2,(H,30,37)(H,33,34)/t15-,16-,19-,20-,21+,22-,23-/m1/s1. The number of fused-ring (bicyclic) bond motifs is 9. The van der Waals surface area contributed by atoms with E-state index < -0.39 is 52.8 Å². The zero-order chi connectivity index (χ0) is 29.4. The van der Waals surface area contributed by atoms with Gasteiger partial charge < -0.3 is 14.8 Å². The van der Waals surface area contributed by atoms with Gasteiger partial charge in [-0.1, -0.05) is 23.5 Å². The average Bonchev–Trinajstić information content (AvgIpc) is 3.68. The zero-order valence-electron chi connectivity index (χ0n) is 21.6. The number of thioether (sulfide) groups is 1. The second-order valence-corrected chi connectivity index (χ2v) is 13.2. The Morgan fingerprint density at radius 1 is 1.12 bits per heavy atom. The zero-order valence-corrected chi connectivity index (χ0v) is 23.2. The van der Waals surface area contributed by atoms with Crippen LogP contribution in [0, 0.1) is 45.5 Å². The number of benzene rings is 2. The monoisotopic (exact) mass is 611 g/mol. The number of non-ortho nitro benzene ring substituents is 1. The highest BCUT2D eigenvalue weighted by molar-refractivity contribution is 8.00. The third kappa shape index (κ3) is 4.07. The maximum Gasteiger partial charge on any atom is 0.323 e. The Labute approximate surface area is 244 Å². The fourth-order valence-electron chi connectivity index (χ4n) is 7.48. The van der Waals surface area contributed by atoms with Gasteiger partial charge in [0.05, 0.1) is 21.8 Å². The average molecular weight is 612 g/mol. The van der Waals surface area contributed by atoms with E-state index in [1.165, 1.54) is 42.1 Å². The summed E-state index contributed by atoms with van der Waals surface area (Å²) in [6.45, 7) is -0.631. The fourth-order valence-corrected chi connectivity index (χ4v) is 10.4. The Balaban J connectivity index is 1.32. The van der Waals surface area contributed by atoms with Crippen LogP contribution < -0.4 is 9.61 Å². The molecule has 14 heteroatoms. The highest BCUT2D eigenvalue weighted by Crippen LogP contribution is 2.69. The van der Waals surface area contributed by atoms with E-state index >= 15 is 0 Å². The number of carbonyl (C=O) groups is 3. The second-order valence-electron chi connectivity index (χ2n) is 11.0. The molecule has 11 nitrogen and oxygen atoms in total. The van der Waals surface area contributed by atoms with Crippen molar-refractivity contribution < 1.29 is 33.5 Å². The summed E-state index contributed by atoms with van der Waals surface area (Å²) < 4.78 is 19.6. The fraction of sp³-hybridized carbons (Fsp3) is 0.357. The SMILES string of the molecule is O=C(O)CN1C(=O)[C@@H]2[C@H]3C[C@@H]([C@@H]2C1=O)[C@@H]1[C@@H](c2cc([N+](=O)[O-])ccc2OCc2ccc(F)cc2)c2sc(=O)[nH]c2S[C@H]31. The van der Waals surface area contributed by atoms with Crippen molar-refractivity contribution in [3.63, 3.8) is 0 Å². The van der Waals surface area contributed by atoms with E-state index in [1.54, 1.807) is 12.1 Å². The van der Waals surface area contributed by atoms with E-state index in [2.05, 4.69) is 4.98 Å². The lowest BCUT2D eigenvalue weighted by Crippen LogP contribution is -2.42. The van der Waals surface area contributed by atoms with Crippen LogP contribution in [0.3, 0.4) is 0 Å². The van der Waals surface area contributed by atoms with Crippen LogP contribution >= 0.6 is 23.1 Å². The lowest BCUT2D eigenvalue weighted by Gasteiger charge is -2.43. The number of H-pyrrole nitrogens is 1. The van der Waals surface area contributed by atoms with E-state index in [9.17, 15) is 38.8 Å². The van der Waals surface area contributed by atoms with Gasteiger partial charge in [-0.05, 0) is 47.9 Å². The number of nitro benzene ring substituents is 1. The number of aliphatic carboxylic acids is 1. The van der Waals surface area contributed by atoms with Crippen molar-refractivity contribution in [3.8, 4) is 5.75 Å². The molecule has 3 aromatic rings. The molecule has 2 amide bonds. The Morgan fingerprint density at radius 2 is 1.83 bits per heavy atom. The predicted octanol–water partition coefficient (Wildman–Crippen LogP) is 3.62. The van der Waals surface area contributed by atoms with Crippen molar-refractivity contribution in [2.75, 3.05) is 6.54 Å². The van der Waals surface area contributed by atoms with Crippen LogP contribution in [-0.4, -0.2) is 49.5 Å². The van der Waals surface area contributed by atoms with Crippen LogP contribution in [-0.2, 0) is 21.0 Å². The third-order valence-electron chi connectivity index (χ3n) is 8.96. The first-order chi connectivity index (χ1) is 20.1. The van der Waals surface area contributed by atoms with E-state index in [0.29, 0.717) is 33.2 Å². The first kappa shape index (κ1) is 26.8. The minimum Gasteiger partial charge on any atom is -0.489 e. The summed E-state index contributed by atoms with van der Waals surface area (Å²) in [6, 6.07) is 10.0. The number of aromatic amines is 1. The van der Waals surface area contributed by atoms with Crippen LogP contribution in [0.25, 0.3) is 0 Å². The number of rotatable bonds is 7. The number of nitro groups is 1. The number of thiazole rings is 1. The summed E-state index contributed by atoms with van der Waals surface area (Å²) in [5.41, 5.74) is 1.00. The van der Waals surface area contributed by atoms with Crippen molar-refractivity contribution in [1.29, 1.82) is 0 Å². The van der Waals surface area contributed by atoms with Crippen LogP contribution in [0.1, 0.15) is 28.3 Å². The highest BCUT2D eigenvalue weighted by Gasteiger charge is 2.69. The molecule has 216 valence electrons. The van der Waals surface area contributed by atoms with Gasteiger partial charge in [-0.25, -0.2) is 4.39 Å². The topological polar surface area (TPSA) is 160 Å². The molecule has 2 N–H and O–H groups in total. The van der Waals surface area contributed by atoms with E-state index in [0.717, 1.165) is 16.2 Å². The summed E-state index contributed by atoms with van der Waals surface area (Å²) >= 11 is 2.46.